The summed E-state index contributed by atoms with van der Waals surface area (Å²) in [6.45, 7) is 9.01. The Morgan fingerprint density at radius 3 is 2.03 bits per heavy atom. The van der Waals surface area contributed by atoms with Crippen molar-refractivity contribution in [1.29, 1.82) is 0 Å². The molecule has 0 bridgehead atoms. The number of allylic oxidation sites excluding steroid dienone is 4. The lowest BCUT2D eigenvalue weighted by atomic mass is 9.82. The molecular formula is C38H54O. The largest absolute Gasteiger partial charge is 0.295 e. The van der Waals surface area contributed by atoms with Gasteiger partial charge in [0.25, 0.3) is 0 Å². The van der Waals surface area contributed by atoms with Crippen LogP contribution in [0.3, 0.4) is 0 Å². The van der Waals surface area contributed by atoms with E-state index in [0.717, 1.165) is 31.6 Å². The molecule has 1 aliphatic carbocycles. The molecule has 2 aromatic carbocycles. The van der Waals surface area contributed by atoms with Crippen LogP contribution in [0, 0.1) is 11.8 Å². The number of ketones is 1. The molecule has 2 aromatic rings. The minimum Gasteiger partial charge on any atom is -0.295 e. The molecule has 0 radical (unpaired) electrons. The smallest absolute Gasteiger partial charge is 0.159 e. The summed E-state index contributed by atoms with van der Waals surface area (Å²) in [5.41, 5.74) is 7.78. The molecule has 2 atom stereocenters. The highest BCUT2D eigenvalue weighted by atomic mass is 16.1. The van der Waals surface area contributed by atoms with Crippen molar-refractivity contribution < 1.29 is 4.79 Å². The Labute approximate surface area is 240 Å². The van der Waals surface area contributed by atoms with Crippen LogP contribution in [0.5, 0.6) is 0 Å². The zero-order chi connectivity index (χ0) is 27.9. The van der Waals surface area contributed by atoms with Crippen molar-refractivity contribution in [3.63, 3.8) is 0 Å². The highest BCUT2D eigenvalue weighted by molar-refractivity contribution is 6.00. The first-order chi connectivity index (χ1) is 19.0. The van der Waals surface area contributed by atoms with Crippen molar-refractivity contribution in [3.8, 4) is 11.1 Å². The van der Waals surface area contributed by atoms with Crippen LogP contribution in [0.15, 0.2) is 66.3 Å². The molecule has 1 nitrogen and oxygen atoms in total. The molecule has 2 unspecified atom stereocenters. The average molecular weight is 527 g/mol. The van der Waals surface area contributed by atoms with Crippen molar-refractivity contribution in [2.75, 3.05) is 0 Å². The second kappa shape index (κ2) is 17.3. The van der Waals surface area contributed by atoms with Gasteiger partial charge in [0.05, 0.1) is 0 Å². The summed E-state index contributed by atoms with van der Waals surface area (Å²) in [4.78, 5) is 12.8. The van der Waals surface area contributed by atoms with Crippen molar-refractivity contribution in [2.24, 2.45) is 11.8 Å². The van der Waals surface area contributed by atoms with E-state index in [9.17, 15) is 4.79 Å². The van der Waals surface area contributed by atoms with Gasteiger partial charge < -0.3 is 0 Å². The van der Waals surface area contributed by atoms with Gasteiger partial charge in [-0.25, -0.2) is 0 Å². The molecule has 0 fully saturated rings. The van der Waals surface area contributed by atoms with E-state index in [1.54, 1.807) is 0 Å². The van der Waals surface area contributed by atoms with Gasteiger partial charge in [0.2, 0.25) is 0 Å². The summed E-state index contributed by atoms with van der Waals surface area (Å²) < 4.78 is 0. The Kier molecular flexibility index (Phi) is 13.8. The second-order valence-electron chi connectivity index (χ2n) is 12.3. The van der Waals surface area contributed by atoms with Crippen molar-refractivity contribution >= 4 is 11.4 Å². The molecule has 0 saturated carbocycles. The van der Waals surface area contributed by atoms with E-state index in [1.807, 2.05) is 6.08 Å². The molecule has 212 valence electrons. The van der Waals surface area contributed by atoms with Crippen molar-refractivity contribution in [3.05, 3.63) is 77.4 Å². The van der Waals surface area contributed by atoms with Gasteiger partial charge in [-0.05, 0) is 98.6 Å². The van der Waals surface area contributed by atoms with Gasteiger partial charge in [0, 0.05) is 5.92 Å². The average Bonchev–Trinajstić information content (AvgIpc) is 2.94. The van der Waals surface area contributed by atoms with Crippen molar-refractivity contribution in [2.45, 2.75) is 124 Å². The highest BCUT2D eigenvalue weighted by Gasteiger charge is 2.22. The highest BCUT2D eigenvalue weighted by Crippen LogP contribution is 2.32. The summed E-state index contributed by atoms with van der Waals surface area (Å²) in [6.07, 6.45) is 22.9. The van der Waals surface area contributed by atoms with E-state index in [4.69, 9.17) is 0 Å². The number of unbranched alkanes of at least 4 members (excludes halogenated alkanes) is 7. The molecule has 0 amide bonds. The molecular weight excluding hydrogens is 472 g/mol. The van der Waals surface area contributed by atoms with E-state index >= 15 is 0 Å². The number of hydrogen-bond donors (Lipinski definition) is 0. The fraction of sp³-hybridized carbons (Fsp3) is 0.553. The quantitative estimate of drug-likeness (QED) is 0.148. The summed E-state index contributed by atoms with van der Waals surface area (Å²) in [7, 11) is 0. The van der Waals surface area contributed by atoms with E-state index in [1.165, 1.54) is 104 Å². The Bertz CT molecular complexity index is 1030. The number of benzene rings is 2. The summed E-state index contributed by atoms with van der Waals surface area (Å²) in [5.74, 6) is 1.35. The van der Waals surface area contributed by atoms with Crippen LogP contribution in [-0.4, -0.2) is 5.78 Å². The minimum atomic E-state index is 0.243. The zero-order valence-electron chi connectivity index (χ0n) is 25.4. The van der Waals surface area contributed by atoms with E-state index in [-0.39, 0.29) is 5.92 Å². The second-order valence-corrected chi connectivity index (χ2v) is 12.3. The number of carbonyl (C=O) groups excluding carboxylic acids is 1. The molecule has 1 aliphatic rings. The van der Waals surface area contributed by atoms with E-state index in [2.05, 4.69) is 82.3 Å². The first-order valence-corrected chi connectivity index (χ1v) is 16.0. The lowest BCUT2D eigenvalue weighted by molar-refractivity contribution is -0.118. The predicted octanol–water partition coefficient (Wildman–Crippen LogP) is 11.6. The maximum absolute atomic E-state index is 12.8. The van der Waals surface area contributed by atoms with Gasteiger partial charge in [-0.2, -0.15) is 0 Å². The van der Waals surface area contributed by atoms with Gasteiger partial charge in [-0.1, -0.05) is 125 Å². The number of hydrogen-bond acceptors (Lipinski definition) is 1. The fourth-order valence-corrected chi connectivity index (χ4v) is 5.83. The van der Waals surface area contributed by atoms with Gasteiger partial charge >= 0.3 is 0 Å². The molecule has 0 spiro atoms. The lowest BCUT2D eigenvalue weighted by Crippen LogP contribution is -2.17. The number of carbonyl (C=O) groups is 1. The fourth-order valence-electron chi connectivity index (χ4n) is 5.83. The van der Waals surface area contributed by atoms with Gasteiger partial charge in [-0.3, -0.25) is 4.79 Å². The summed E-state index contributed by atoms with van der Waals surface area (Å²) in [5, 5.41) is 0. The molecule has 0 aliphatic heterocycles. The van der Waals surface area contributed by atoms with Gasteiger partial charge in [-0.15, -0.1) is 0 Å². The Hall–Kier alpha value is -2.41. The molecule has 0 aromatic heterocycles. The maximum atomic E-state index is 12.8. The number of aryl methyl sites for hydroxylation is 1. The molecule has 0 heterocycles. The van der Waals surface area contributed by atoms with Gasteiger partial charge in [0.1, 0.15) is 0 Å². The monoisotopic (exact) mass is 526 g/mol. The standard InChI is InChI=1S/C38H54O/c1-5-6-7-8-9-10-11-12-16-36-27-28-37(29-38(36)39)35-25-23-34(24-26-35)33-21-19-32(20-22-33)18-17-31(4)15-13-14-30(2)3/h14,19-26,29,31,36H,5-13,15-18,27-28H2,1-4H3. The van der Waals surface area contributed by atoms with Crippen molar-refractivity contribution in [1.82, 2.24) is 0 Å². The van der Waals surface area contributed by atoms with Crippen LogP contribution >= 0.6 is 0 Å². The topological polar surface area (TPSA) is 17.1 Å². The van der Waals surface area contributed by atoms with E-state index < -0.39 is 0 Å². The van der Waals surface area contributed by atoms with Crippen LogP contribution in [0.25, 0.3) is 16.7 Å². The SMILES string of the molecule is CCCCCCCCCCC1CCC(c2ccc(-c3ccc(CCC(C)CCC=C(C)C)cc3)cc2)=CC1=O. The van der Waals surface area contributed by atoms with Crippen LogP contribution in [0.4, 0.5) is 0 Å². The molecule has 1 heteroatoms. The lowest BCUT2D eigenvalue weighted by Gasteiger charge is -2.21. The molecule has 0 N–H and O–H groups in total. The Morgan fingerprint density at radius 2 is 1.41 bits per heavy atom. The van der Waals surface area contributed by atoms with Gasteiger partial charge in [0.15, 0.2) is 5.78 Å². The van der Waals surface area contributed by atoms with Crippen LogP contribution in [0.2, 0.25) is 0 Å². The molecule has 39 heavy (non-hydrogen) atoms. The van der Waals surface area contributed by atoms with Crippen LogP contribution in [0.1, 0.15) is 129 Å². The third-order valence-electron chi connectivity index (χ3n) is 8.57. The Balaban J connectivity index is 1.43. The Morgan fingerprint density at radius 1 is 0.821 bits per heavy atom. The first-order valence-electron chi connectivity index (χ1n) is 16.0. The third-order valence-corrected chi connectivity index (χ3v) is 8.57. The molecule has 3 rings (SSSR count). The number of rotatable bonds is 17. The third kappa shape index (κ3) is 11.3. The van der Waals surface area contributed by atoms with E-state index in [0.29, 0.717) is 5.78 Å². The summed E-state index contributed by atoms with van der Waals surface area (Å²) in [6, 6.07) is 17.9. The maximum Gasteiger partial charge on any atom is 0.159 e. The first kappa shape index (κ1) is 31.1. The normalized spacial score (nSPS) is 16.2. The zero-order valence-corrected chi connectivity index (χ0v) is 25.4. The molecule has 0 saturated heterocycles. The summed E-state index contributed by atoms with van der Waals surface area (Å²) >= 11 is 0. The minimum absolute atomic E-state index is 0.243. The van der Waals surface area contributed by atoms with Crippen LogP contribution in [-0.2, 0) is 11.2 Å². The van der Waals surface area contributed by atoms with Crippen LogP contribution < -0.4 is 0 Å². The predicted molar refractivity (Wildman–Crippen MR) is 171 cm³/mol.